The minimum absolute atomic E-state index is 0.158. The number of hydrogen-bond donors (Lipinski definition) is 1. The Balaban J connectivity index is 1.66. The molecule has 20 heavy (non-hydrogen) atoms. The molecule has 1 aliphatic carbocycles. The van der Waals surface area contributed by atoms with E-state index in [2.05, 4.69) is 29.1 Å². The molecule has 2 atom stereocenters. The highest BCUT2D eigenvalue weighted by Gasteiger charge is 2.32. The van der Waals surface area contributed by atoms with Gasteiger partial charge in [0.2, 0.25) is 0 Å². The Labute approximate surface area is 123 Å². The highest BCUT2D eigenvalue weighted by Crippen LogP contribution is 2.41. The van der Waals surface area contributed by atoms with E-state index in [9.17, 15) is 4.39 Å². The number of rotatable bonds is 6. The molecule has 3 heteroatoms. The lowest BCUT2D eigenvalue weighted by molar-refractivity contribution is 0.417. The van der Waals surface area contributed by atoms with Gasteiger partial charge in [-0.2, -0.15) is 11.3 Å². The topological polar surface area (TPSA) is 12.0 Å². The molecule has 3 rings (SSSR count). The zero-order chi connectivity index (χ0) is 13.9. The van der Waals surface area contributed by atoms with Crippen LogP contribution in [-0.2, 0) is 6.42 Å². The summed E-state index contributed by atoms with van der Waals surface area (Å²) in [6.45, 7) is 2.23. The predicted octanol–water partition coefficient (Wildman–Crippen LogP) is 4.56. The van der Waals surface area contributed by atoms with E-state index < -0.39 is 0 Å². The van der Waals surface area contributed by atoms with Gasteiger partial charge in [-0.25, -0.2) is 4.39 Å². The van der Waals surface area contributed by atoms with Gasteiger partial charge < -0.3 is 5.32 Å². The first-order valence-corrected chi connectivity index (χ1v) is 8.19. The number of hydrogen-bond acceptors (Lipinski definition) is 2. The van der Waals surface area contributed by atoms with Crippen molar-refractivity contribution in [1.29, 1.82) is 0 Å². The molecule has 2 unspecified atom stereocenters. The van der Waals surface area contributed by atoms with Crippen LogP contribution in [0.2, 0.25) is 0 Å². The van der Waals surface area contributed by atoms with Crippen molar-refractivity contribution in [1.82, 2.24) is 5.32 Å². The molecule has 2 aromatic rings. The molecule has 0 amide bonds. The number of thiophene rings is 1. The van der Waals surface area contributed by atoms with E-state index in [0.717, 1.165) is 6.42 Å². The zero-order valence-electron chi connectivity index (χ0n) is 11.7. The van der Waals surface area contributed by atoms with E-state index >= 15 is 0 Å². The van der Waals surface area contributed by atoms with Crippen LogP contribution < -0.4 is 5.32 Å². The molecule has 0 spiro atoms. The number of benzene rings is 1. The first-order chi connectivity index (χ1) is 9.72. The third-order valence-electron chi connectivity index (χ3n) is 3.91. The van der Waals surface area contributed by atoms with Crippen molar-refractivity contribution in [2.24, 2.45) is 5.92 Å². The second kappa shape index (κ2) is 6.06. The maximum atomic E-state index is 13.1. The van der Waals surface area contributed by atoms with Crippen molar-refractivity contribution < 1.29 is 4.39 Å². The standard InChI is InChI=1S/C17H20FNS/c1-12(10-13-8-9-20-11-13)19-17(14-2-3-14)15-4-6-16(18)7-5-15/h4-9,11-12,14,17,19H,2-3,10H2,1H3. The van der Waals surface area contributed by atoms with E-state index in [1.54, 1.807) is 23.5 Å². The molecule has 0 saturated heterocycles. The Morgan fingerprint density at radius 3 is 2.60 bits per heavy atom. The predicted molar refractivity (Wildman–Crippen MR) is 82.5 cm³/mol. The van der Waals surface area contributed by atoms with Gasteiger partial charge in [0.25, 0.3) is 0 Å². The van der Waals surface area contributed by atoms with Crippen molar-refractivity contribution in [2.45, 2.75) is 38.3 Å². The lowest BCUT2D eigenvalue weighted by Crippen LogP contribution is -2.33. The van der Waals surface area contributed by atoms with Crippen molar-refractivity contribution in [3.8, 4) is 0 Å². The van der Waals surface area contributed by atoms with Gasteiger partial charge in [0.1, 0.15) is 5.82 Å². The molecule has 1 nitrogen and oxygen atoms in total. The Morgan fingerprint density at radius 1 is 1.25 bits per heavy atom. The van der Waals surface area contributed by atoms with Gasteiger partial charge in [-0.15, -0.1) is 0 Å². The smallest absolute Gasteiger partial charge is 0.123 e. The van der Waals surface area contributed by atoms with Crippen LogP contribution in [0.3, 0.4) is 0 Å². The summed E-state index contributed by atoms with van der Waals surface area (Å²) in [4.78, 5) is 0. The summed E-state index contributed by atoms with van der Waals surface area (Å²) in [5.74, 6) is 0.556. The van der Waals surface area contributed by atoms with Crippen LogP contribution in [0.15, 0.2) is 41.1 Å². The number of halogens is 1. The van der Waals surface area contributed by atoms with E-state index in [-0.39, 0.29) is 5.82 Å². The van der Waals surface area contributed by atoms with Crippen molar-refractivity contribution in [2.75, 3.05) is 0 Å². The molecule has 1 aromatic heterocycles. The second-order valence-corrected chi connectivity index (χ2v) is 6.55. The lowest BCUT2D eigenvalue weighted by Gasteiger charge is -2.23. The van der Waals surface area contributed by atoms with Crippen LogP contribution in [0.4, 0.5) is 4.39 Å². The molecule has 0 bridgehead atoms. The van der Waals surface area contributed by atoms with Gasteiger partial charge in [0, 0.05) is 12.1 Å². The van der Waals surface area contributed by atoms with Gasteiger partial charge in [0.15, 0.2) is 0 Å². The first-order valence-electron chi connectivity index (χ1n) is 7.25. The fourth-order valence-corrected chi connectivity index (χ4v) is 3.41. The highest BCUT2D eigenvalue weighted by atomic mass is 32.1. The Hall–Kier alpha value is -1.19. The fraction of sp³-hybridized carbons (Fsp3) is 0.412. The van der Waals surface area contributed by atoms with Gasteiger partial charge in [0.05, 0.1) is 0 Å². The molecular formula is C17H20FNS. The highest BCUT2D eigenvalue weighted by molar-refractivity contribution is 7.07. The largest absolute Gasteiger partial charge is 0.307 e. The SMILES string of the molecule is CC(Cc1ccsc1)NC(c1ccc(F)cc1)C1CC1. The third kappa shape index (κ3) is 3.47. The summed E-state index contributed by atoms with van der Waals surface area (Å²) in [6.07, 6.45) is 3.61. The van der Waals surface area contributed by atoms with E-state index in [1.807, 2.05) is 12.1 Å². The summed E-state index contributed by atoms with van der Waals surface area (Å²) in [5, 5.41) is 8.07. The molecule has 0 aliphatic heterocycles. The Bertz CT molecular complexity index is 531. The van der Waals surface area contributed by atoms with Crippen LogP contribution in [0, 0.1) is 11.7 Å². The third-order valence-corrected chi connectivity index (χ3v) is 4.64. The summed E-state index contributed by atoms with van der Waals surface area (Å²) in [6, 6.07) is 9.95. The maximum Gasteiger partial charge on any atom is 0.123 e. The number of nitrogens with one attached hydrogen (secondary N) is 1. The second-order valence-electron chi connectivity index (χ2n) is 5.77. The van der Waals surface area contributed by atoms with Gasteiger partial charge in [-0.1, -0.05) is 12.1 Å². The quantitative estimate of drug-likeness (QED) is 0.822. The Kier molecular flexibility index (Phi) is 4.18. The average Bonchev–Trinajstić information content (AvgIpc) is 3.16. The van der Waals surface area contributed by atoms with Gasteiger partial charge >= 0.3 is 0 Å². The van der Waals surface area contributed by atoms with E-state index in [1.165, 1.54) is 24.0 Å². The van der Waals surface area contributed by atoms with Crippen molar-refractivity contribution in [3.63, 3.8) is 0 Å². The minimum atomic E-state index is -0.158. The average molecular weight is 289 g/mol. The molecule has 106 valence electrons. The normalized spacial score (nSPS) is 17.9. The van der Waals surface area contributed by atoms with Crippen LogP contribution in [-0.4, -0.2) is 6.04 Å². The lowest BCUT2D eigenvalue weighted by atomic mass is 10.00. The molecule has 1 aromatic carbocycles. The van der Waals surface area contributed by atoms with Gasteiger partial charge in [-0.05, 0) is 72.2 Å². The molecule has 1 saturated carbocycles. The van der Waals surface area contributed by atoms with Gasteiger partial charge in [-0.3, -0.25) is 0 Å². The Morgan fingerprint density at radius 2 is 2.00 bits per heavy atom. The molecule has 1 fully saturated rings. The summed E-state index contributed by atoms with van der Waals surface area (Å²) < 4.78 is 13.1. The van der Waals surface area contributed by atoms with Crippen molar-refractivity contribution in [3.05, 3.63) is 58.0 Å². The fourth-order valence-electron chi connectivity index (χ4n) is 2.73. The maximum absolute atomic E-state index is 13.1. The van der Waals surface area contributed by atoms with Crippen LogP contribution in [0.1, 0.15) is 36.9 Å². The molecule has 1 heterocycles. The summed E-state index contributed by atoms with van der Waals surface area (Å²) in [5.41, 5.74) is 2.61. The molecule has 1 N–H and O–H groups in total. The summed E-state index contributed by atoms with van der Waals surface area (Å²) >= 11 is 1.75. The van der Waals surface area contributed by atoms with Crippen LogP contribution >= 0.6 is 11.3 Å². The molecule has 0 radical (unpaired) electrons. The molecular weight excluding hydrogens is 269 g/mol. The van der Waals surface area contributed by atoms with E-state index in [0.29, 0.717) is 18.0 Å². The minimum Gasteiger partial charge on any atom is -0.307 e. The van der Waals surface area contributed by atoms with Crippen molar-refractivity contribution >= 4 is 11.3 Å². The first kappa shape index (κ1) is 13.8. The van der Waals surface area contributed by atoms with E-state index in [4.69, 9.17) is 0 Å². The zero-order valence-corrected chi connectivity index (χ0v) is 12.5. The monoisotopic (exact) mass is 289 g/mol. The van der Waals surface area contributed by atoms with Crippen LogP contribution in [0.25, 0.3) is 0 Å². The van der Waals surface area contributed by atoms with Crippen LogP contribution in [0.5, 0.6) is 0 Å². The molecule has 1 aliphatic rings. The summed E-state index contributed by atoms with van der Waals surface area (Å²) in [7, 11) is 0.